The first-order valence-electron chi connectivity index (χ1n) is 5.85. The molecule has 0 radical (unpaired) electrons. The SMILES string of the molecule is CC(C)Cn1c(=O)c2c(n(CCBr)c1=O)=NCN=2. The van der Waals surface area contributed by atoms with Crippen molar-refractivity contribution in [3.05, 3.63) is 31.7 Å². The molecule has 0 spiro atoms. The lowest BCUT2D eigenvalue weighted by Gasteiger charge is -2.10. The molecule has 0 N–H and O–H groups in total. The van der Waals surface area contributed by atoms with Crippen molar-refractivity contribution < 1.29 is 0 Å². The van der Waals surface area contributed by atoms with Crippen LogP contribution in [0.3, 0.4) is 0 Å². The second-order valence-electron chi connectivity index (χ2n) is 4.56. The van der Waals surface area contributed by atoms with Crippen LogP contribution in [0.2, 0.25) is 0 Å². The molecular weight excluding hydrogens is 300 g/mol. The van der Waals surface area contributed by atoms with Gasteiger partial charge in [0.2, 0.25) is 0 Å². The predicted octanol–water partition coefficient (Wildman–Crippen LogP) is -0.729. The van der Waals surface area contributed by atoms with E-state index in [-0.39, 0.29) is 23.8 Å². The van der Waals surface area contributed by atoms with Crippen molar-refractivity contribution in [2.75, 3.05) is 12.0 Å². The third-order valence-electron chi connectivity index (χ3n) is 2.68. The van der Waals surface area contributed by atoms with Crippen molar-refractivity contribution >= 4 is 15.9 Å². The van der Waals surface area contributed by atoms with Crippen LogP contribution in [0.25, 0.3) is 0 Å². The molecule has 1 aromatic heterocycles. The first-order chi connectivity index (χ1) is 8.56. The van der Waals surface area contributed by atoms with Gasteiger partial charge in [-0.05, 0) is 5.92 Å². The van der Waals surface area contributed by atoms with Gasteiger partial charge in [-0.15, -0.1) is 0 Å². The molecule has 0 unspecified atom stereocenters. The first kappa shape index (κ1) is 13.2. The Hall–Kier alpha value is -1.24. The Balaban J connectivity index is 2.79. The smallest absolute Gasteiger partial charge is 0.275 e. The largest absolute Gasteiger partial charge is 0.332 e. The number of hydrogen-bond acceptors (Lipinski definition) is 4. The van der Waals surface area contributed by atoms with E-state index in [0.717, 1.165) is 0 Å². The molecule has 0 amide bonds. The molecule has 0 fully saturated rings. The lowest BCUT2D eigenvalue weighted by atomic mass is 10.2. The Morgan fingerprint density at radius 3 is 2.61 bits per heavy atom. The van der Waals surface area contributed by atoms with Gasteiger partial charge < -0.3 is 0 Å². The highest BCUT2D eigenvalue weighted by Gasteiger charge is 2.14. The number of nitrogens with zero attached hydrogens (tertiary/aromatic N) is 4. The van der Waals surface area contributed by atoms with E-state index >= 15 is 0 Å². The van der Waals surface area contributed by atoms with Crippen molar-refractivity contribution in [1.82, 2.24) is 9.13 Å². The molecule has 0 saturated carbocycles. The number of alkyl halides is 1. The summed E-state index contributed by atoms with van der Waals surface area (Å²) in [5.41, 5.74) is -0.201. The minimum Gasteiger partial charge on any atom is -0.275 e. The van der Waals surface area contributed by atoms with Crippen LogP contribution in [0.4, 0.5) is 0 Å². The molecule has 0 atom stereocenters. The zero-order chi connectivity index (χ0) is 13.3. The van der Waals surface area contributed by atoms with Gasteiger partial charge in [-0.1, -0.05) is 29.8 Å². The van der Waals surface area contributed by atoms with E-state index in [9.17, 15) is 9.59 Å². The van der Waals surface area contributed by atoms with E-state index in [4.69, 9.17) is 0 Å². The normalized spacial score (nSPS) is 13.3. The van der Waals surface area contributed by atoms with Gasteiger partial charge in [0.05, 0.1) is 0 Å². The van der Waals surface area contributed by atoms with Crippen LogP contribution in [0.5, 0.6) is 0 Å². The summed E-state index contributed by atoms with van der Waals surface area (Å²) in [6.45, 7) is 5.06. The lowest BCUT2D eigenvalue weighted by Crippen LogP contribution is -2.58. The Morgan fingerprint density at radius 2 is 2.00 bits per heavy atom. The maximum atomic E-state index is 12.3. The van der Waals surface area contributed by atoms with Crippen LogP contribution in [-0.4, -0.2) is 21.1 Å². The van der Waals surface area contributed by atoms with Crippen molar-refractivity contribution in [2.45, 2.75) is 26.9 Å². The zero-order valence-electron chi connectivity index (χ0n) is 10.4. The Labute approximate surface area is 112 Å². The molecule has 1 aliphatic rings. The third kappa shape index (κ3) is 2.19. The fourth-order valence-electron chi connectivity index (χ4n) is 1.96. The van der Waals surface area contributed by atoms with Crippen LogP contribution in [-0.2, 0) is 13.1 Å². The number of fused-ring (bicyclic) bond motifs is 1. The van der Waals surface area contributed by atoms with Gasteiger partial charge in [0.15, 0.2) is 10.8 Å². The molecule has 0 saturated heterocycles. The highest BCUT2D eigenvalue weighted by atomic mass is 79.9. The zero-order valence-corrected chi connectivity index (χ0v) is 12.0. The Bertz CT molecular complexity index is 687. The molecular formula is C11H15BrN4O2. The van der Waals surface area contributed by atoms with Crippen molar-refractivity contribution in [3.63, 3.8) is 0 Å². The number of hydrogen-bond donors (Lipinski definition) is 0. The van der Waals surface area contributed by atoms with Crippen molar-refractivity contribution in [3.8, 4) is 0 Å². The van der Waals surface area contributed by atoms with Gasteiger partial charge in [-0.3, -0.25) is 18.9 Å². The maximum absolute atomic E-state index is 12.3. The average Bonchev–Trinajstić information content (AvgIpc) is 2.79. The summed E-state index contributed by atoms with van der Waals surface area (Å²) < 4.78 is 2.78. The minimum absolute atomic E-state index is 0.226. The summed E-state index contributed by atoms with van der Waals surface area (Å²) in [5.74, 6) is 0.226. The number of halogens is 1. The Kier molecular flexibility index (Phi) is 3.79. The molecule has 1 aromatic rings. The molecule has 2 rings (SSSR count). The predicted molar refractivity (Wildman–Crippen MR) is 70.8 cm³/mol. The standard InChI is InChI=1S/C11H15BrN4O2/c1-7(2)5-16-10(17)8-9(14-6-13-8)15(4-3-12)11(16)18/h7H,3-6H2,1-2H3. The van der Waals surface area contributed by atoms with Gasteiger partial charge in [0.25, 0.3) is 5.56 Å². The molecule has 0 aromatic carbocycles. The summed E-state index contributed by atoms with van der Waals surface area (Å²) in [6, 6.07) is 0. The van der Waals surface area contributed by atoms with Gasteiger partial charge >= 0.3 is 5.69 Å². The summed E-state index contributed by atoms with van der Waals surface area (Å²) >= 11 is 3.30. The second kappa shape index (κ2) is 5.17. The van der Waals surface area contributed by atoms with E-state index in [2.05, 4.69) is 25.9 Å². The summed E-state index contributed by atoms with van der Waals surface area (Å²) in [4.78, 5) is 32.6. The third-order valence-corrected chi connectivity index (χ3v) is 3.04. The van der Waals surface area contributed by atoms with Crippen LogP contribution in [0.1, 0.15) is 13.8 Å². The minimum atomic E-state index is -0.323. The van der Waals surface area contributed by atoms with E-state index in [1.54, 1.807) is 0 Å². The molecule has 2 heterocycles. The quantitative estimate of drug-likeness (QED) is 0.688. The molecule has 98 valence electrons. The van der Waals surface area contributed by atoms with E-state index in [0.29, 0.717) is 29.3 Å². The average molecular weight is 315 g/mol. The maximum Gasteiger partial charge on any atom is 0.332 e. The fourth-order valence-corrected chi connectivity index (χ4v) is 2.31. The van der Waals surface area contributed by atoms with Gasteiger partial charge in [-0.2, -0.15) is 0 Å². The van der Waals surface area contributed by atoms with Crippen molar-refractivity contribution in [2.24, 2.45) is 15.9 Å². The molecule has 18 heavy (non-hydrogen) atoms. The van der Waals surface area contributed by atoms with Crippen LogP contribution in [0.15, 0.2) is 19.6 Å². The van der Waals surface area contributed by atoms with Crippen LogP contribution in [0, 0.1) is 5.92 Å². The molecule has 0 bridgehead atoms. The monoisotopic (exact) mass is 314 g/mol. The summed E-state index contributed by atoms with van der Waals surface area (Å²) in [7, 11) is 0. The topological polar surface area (TPSA) is 68.7 Å². The Morgan fingerprint density at radius 1 is 1.28 bits per heavy atom. The fraction of sp³-hybridized carbons (Fsp3) is 0.636. The summed E-state index contributed by atoms with van der Waals surface area (Å²) in [6.07, 6.45) is 0. The number of rotatable bonds is 4. The van der Waals surface area contributed by atoms with Crippen molar-refractivity contribution in [1.29, 1.82) is 0 Å². The van der Waals surface area contributed by atoms with Crippen LogP contribution < -0.4 is 22.1 Å². The molecule has 1 aliphatic heterocycles. The summed E-state index contributed by atoms with van der Waals surface area (Å²) in [5, 5.41) is 0.950. The van der Waals surface area contributed by atoms with E-state index in [1.807, 2.05) is 13.8 Å². The molecule has 0 aliphatic carbocycles. The first-order valence-corrected chi connectivity index (χ1v) is 6.97. The van der Waals surface area contributed by atoms with E-state index < -0.39 is 0 Å². The van der Waals surface area contributed by atoms with E-state index in [1.165, 1.54) is 9.13 Å². The van der Waals surface area contributed by atoms with Gasteiger partial charge in [-0.25, -0.2) is 9.79 Å². The molecule has 7 heteroatoms. The lowest BCUT2D eigenvalue weighted by molar-refractivity contribution is 0.463. The second-order valence-corrected chi connectivity index (χ2v) is 5.36. The van der Waals surface area contributed by atoms with Gasteiger partial charge in [0, 0.05) is 18.4 Å². The van der Waals surface area contributed by atoms with Crippen LogP contribution >= 0.6 is 15.9 Å². The van der Waals surface area contributed by atoms with Gasteiger partial charge in [0.1, 0.15) is 6.67 Å². The number of aromatic nitrogens is 2. The highest BCUT2D eigenvalue weighted by Crippen LogP contribution is 1.92. The highest BCUT2D eigenvalue weighted by molar-refractivity contribution is 9.09. The molecule has 6 nitrogen and oxygen atoms in total.